The second-order valence-corrected chi connectivity index (χ2v) is 12.0. The minimum absolute atomic E-state index is 0.0315. The molecule has 0 spiro atoms. The first-order chi connectivity index (χ1) is 17.8. The molecule has 37 heavy (non-hydrogen) atoms. The average molecular weight is 515 g/mol. The summed E-state index contributed by atoms with van der Waals surface area (Å²) in [7, 11) is 2.19. The zero-order chi connectivity index (χ0) is 26.0. The molecule has 0 bridgehead atoms. The Morgan fingerprint density at radius 1 is 0.946 bits per heavy atom. The zero-order valence-corrected chi connectivity index (χ0v) is 23.1. The number of halogens is 1. The summed E-state index contributed by atoms with van der Waals surface area (Å²) in [6.45, 7) is 5.43. The van der Waals surface area contributed by atoms with Crippen molar-refractivity contribution >= 4 is 17.5 Å². The molecule has 5 rings (SSSR count). The maximum Gasteiger partial charge on any atom is 0.224 e. The Hall–Kier alpha value is -2.62. The average Bonchev–Trinajstić information content (AvgIpc) is 3.70. The number of amides is 1. The van der Waals surface area contributed by atoms with Gasteiger partial charge in [-0.15, -0.1) is 0 Å². The molecule has 1 amide bonds. The van der Waals surface area contributed by atoms with Crippen molar-refractivity contribution in [2.75, 3.05) is 7.05 Å². The third-order valence-electron chi connectivity index (χ3n) is 8.87. The van der Waals surface area contributed by atoms with Gasteiger partial charge in [0.1, 0.15) is 0 Å². The van der Waals surface area contributed by atoms with Crippen molar-refractivity contribution in [1.29, 1.82) is 0 Å². The summed E-state index contributed by atoms with van der Waals surface area (Å²) in [4.78, 5) is 16.0. The van der Waals surface area contributed by atoms with Gasteiger partial charge < -0.3 is 5.32 Å². The van der Waals surface area contributed by atoms with Crippen LogP contribution in [0.1, 0.15) is 80.5 Å². The Morgan fingerprint density at radius 3 is 2.24 bits per heavy atom. The van der Waals surface area contributed by atoms with Crippen LogP contribution in [0.3, 0.4) is 0 Å². The molecular weight excluding hydrogens is 476 g/mol. The Morgan fingerprint density at radius 2 is 1.59 bits per heavy atom. The molecular formula is C33H39ClN2O. The second-order valence-electron chi connectivity index (χ2n) is 11.6. The largest absolute Gasteiger partial charge is 0.346 e. The fourth-order valence-corrected chi connectivity index (χ4v) is 6.09. The lowest BCUT2D eigenvalue weighted by Gasteiger charge is -2.36. The molecule has 4 heteroatoms. The molecule has 1 unspecified atom stereocenters. The number of benzene rings is 3. The van der Waals surface area contributed by atoms with Gasteiger partial charge >= 0.3 is 0 Å². The van der Waals surface area contributed by atoms with E-state index in [1.165, 1.54) is 28.7 Å². The lowest BCUT2D eigenvalue weighted by Crippen LogP contribution is -2.41. The lowest BCUT2D eigenvalue weighted by molar-refractivity contribution is -0.127. The fraction of sp³-hybridized carbons (Fsp3) is 0.424. The molecule has 2 fully saturated rings. The van der Waals surface area contributed by atoms with Crippen molar-refractivity contribution in [2.24, 2.45) is 5.92 Å². The van der Waals surface area contributed by atoms with Crippen molar-refractivity contribution in [2.45, 2.75) is 75.9 Å². The van der Waals surface area contributed by atoms with E-state index in [1.807, 2.05) is 12.1 Å². The predicted molar refractivity (Wildman–Crippen MR) is 153 cm³/mol. The summed E-state index contributed by atoms with van der Waals surface area (Å²) in [5.41, 5.74) is 4.82. The van der Waals surface area contributed by atoms with Gasteiger partial charge in [-0.1, -0.05) is 91.2 Å². The number of rotatable bonds is 8. The minimum Gasteiger partial charge on any atom is -0.346 e. The lowest BCUT2D eigenvalue weighted by atomic mass is 9.74. The normalized spacial score (nSPS) is 21.0. The van der Waals surface area contributed by atoms with E-state index in [2.05, 4.69) is 97.8 Å². The van der Waals surface area contributed by atoms with Crippen molar-refractivity contribution in [3.8, 4) is 0 Å². The first-order valence-corrected chi connectivity index (χ1v) is 14.1. The minimum atomic E-state index is -0.205. The monoisotopic (exact) mass is 514 g/mol. The summed E-state index contributed by atoms with van der Waals surface area (Å²) in [5, 5.41) is 4.19. The highest BCUT2D eigenvalue weighted by Gasteiger charge is 2.47. The summed E-state index contributed by atoms with van der Waals surface area (Å²) in [6, 6.07) is 27.7. The van der Waals surface area contributed by atoms with Crippen LogP contribution < -0.4 is 5.32 Å². The molecule has 0 saturated heterocycles. The van der Waals surface area contributed by atoms with Crippen molar-refractivity contribution in [1.82, 2.24) is 10.2 Å². The van der Waals surface area contributed by atoms with Crippen LogP contribution in [0.5, 0.6) is 0 Å². The molecule has 3 aromatic carbocycles. The number of carbonyl (C=O) groups excluding carboxylic acids is 1. The third kappa shape index (κ3) is 5.63. The Balaban J connectivity index is 1.26. The van der Waals surface area contributed by atoms with Crippen molar-refractivity contribution in [3.63, 3.8) is 0 Å². The molecule has 0 heterocycles. The van der Waals surface area contributed by atoms with Crippen molar-refractivity contribution < 1.29 is 4.79 Å². The summed E-state index contributed by atoms with van der Waals surface area (Å²) < 4.78 is 0. The Bertz CT molecular complexity index is 1200. The summed E-state index contributed by atoms with van der Waals surface area (Å²) >= 11 is 6.10. The number of carbonyl (C=O) groups is 1. The topological polar surface area (TPSA) is 32.3 Å². The van der Waals surface area contributed by atoms with Crippen LogP contribution in [0.15, 0.2) is 78.9 Å². The maximum atomic E-state index is 13.6. The van der Waals surface area contributed by atoms with E-state index in [-0.39, 0.29) is 28.8 Å². The smallest absolute Gasteiger partial charge is 0.224 e. The van der Waals surface area contributed by atoms with Gasteiger partial charge in [0.15, 0.2) is 0 Å². The quantitative estimate of drug-likeness (QED) is 0.332. The van der Waals surface area contributed by atoms with Gasteiger partial charge in [-0.2, -0.15) is 0 Å². The standard InChI is InChI=1S/C33H39ClN2O/c1-32(2,26-9-5-4-6-10-26)36(3)23-24-13-15-25(16-14-24)29-11-7-8-12-30(29)31(37)35-33(21-22-33)27-17-19-28(34)20-18-27/h4-6,9-10,13-20,29-30H,7-8,11-12,21-23H2,1-3H3,(H,35,37)/t29-,30?/m1/s1. The van der Waals surface area contributed by atoms with Crippen LogP contribution in [0.25, 0.3) is 0 Å². The van der Waals surface area contributed by atoms with Gasteiger partial charge in [-0.05, 0) is 86.9 Å². The zero-order valence-electron chi connectivity index (χ0n) is 22.3. The van der Waals surface area contributed by atoms with E-state index in [1.54, 1.807) is 0 Å². The molecule has 0 radical (unpaired) electrons. The summed E-state index contributed by atoms with van der Waals surface area (Å²) in [5.74, 6) is 0.525. The number of hydrogen-bond donors (Lipinski definition) is 1. The van der Waals surface area contributed by atoms with E-state index in [0.717, 1.165) is 43.7 Å². The summed E-state index contributed by atoms with van der Waals surface area (Å²) in [6.07, 6.45) is 6.35. The van der Waals surface area contributed by atoms with Gasteiger partial charge in [0, 0.05) is 23.0 Å². The van der Waals surface area contributed by atoms with Crippen LogP contribution in [-0.2, 0) is 22.4 Å². The first kappa shape index (κ1) is 26.0. The van der Waals surface area contributed by atoms with E-state index in [9.17, 15) is 4.79 Å². The van der Waals surface area contributed by atoms with E-state index in [4.69, 9.17) is 11.6 Å². The molecule has 3 aromatic rings. The fourth-order valence-electron chi connectivity index (χ4n) is 5.96. The number of nitrogens with one attached hydrogen (secondary N) is 1. The molecule has 2 aliphatic carbocycles. The Labute approximate surface area is 227 Å². The van der Waals surface area contributed by atoms with Crippen LogP contribution in [0.2, 0.25) is 5.02 Å². The Kier molecular flexibility index (Phi) is 7.47. The van der Waals surface area contributed by atoms with E-state index < -0.39 is 0 Å². The third-order valence-corrected chi connectivity index (χ3v) is 9.13. The van der Waals surface area contributed by atoms with Crippen LogP contribution >= 0.6 is 11.6 Å². The highest BCUT2D eigenvalue weighted by atomic mass is 35.5. The highest BCUT2D eigenvalue weighted by molar-refractivity contribution is 6.30. The number of nitrogens with zero attached hydrogens (tertiary/aromatic N) is 1. The molecule has 194 valence electrons. The highest BCUT2D eigenvalue weighted by Crippen LogP contribution is 2.47. The van der Waals surface area contributed by atoms with Gasteiger partial charge in [-0.3, -0.25) is 9.69 Å². The molecule has 0 aromatic heterocycles. The van der Waals surface area contributed by atoms with Crippen molar-refractivity contribution in [3.05, 3.63) is 106 Å². The van der Waals surface area contributed by atoms with Gasteiger partial charge in [0.2, 0.25) is 5.91 Å². The molecule has 1 N–H and O–H groups in total. The van der Waals surface area contributed by atoms with Gasteiger partial charge in [-0.25, -0.2) is 0 Å². The number of hydrogen-bond acceptors (Lipinski definition) is 2. The van der Waals surface area contributed by atoms with Crippen LogP contribution in [0.4, 0.5) is 0 Å². The molecule has 3 nitrogen and oxygen atoms in total. The van der Waals surface area contributed by atoms with Gasteiger partial charge in [0.05, 0.1) is 5.54 Å². The van der Waals surface area contributed by atoms with Gasteiger partial charge in [0.25, 0.3) is 0 Å². The molecule has 2 saturated carbocycles. The first-order valence-electron chi connectivity index (χ1n) is 13.7. The second kappa shape index (κ2) is 10.6. The maximum absolute atomic E-state index is 13.6. The SMILES string of the molecule is CN(Cc1ccc([C@H]2CCCCC2C(=O)NC2(c3ccc(Cl)cc3)CC2)cc1)C(C)(C)c1ccccc1. The van der Waals surface area contributed by atoms with E-state index >= 15 is 0 Å². The molecule has 0 aliphatic heterocycles. The molecule has 2 atom stereocenters. The van der Waals surface area contributed by atoms with Crippen LogP contribution in [-0.4, -0.2) is 17.9 Å². The van der Waals surface area contributed by atoms with E-state index in [0.29, 0.717) is 0 Å². The predicted octanol–water partition coefficient (Wildman–Crippen LogP) is 7.79. The molecule has 2 aliphatic rings. The van der Waals surface area contributed by atoms with Crippen LogP contribution in [0, 0.1) is 5.92 Å².